The third-order valence-corrected chi connectivity index (χ3v) is 3.37. The van der Waals surface area contributed by atoms with Crippen molar-refractivity contribution in [3.63, 3.8) is 0 Å². The van der Waals surface area contributed by atoms with Gasteiger partial charge < -0.3 is 15.2 Å². The average Bonchev–Trinajstić information content (AvgIpc) is 2.45. The van der Waals surface area contributed by atoms with Gasteiger partial charge in [0.2, 0.25) is 0 Å². The molecule has 2 aromatic rings. The van der Waals surface area contributed by atoms with Gasteiger partial charge in [-0.2, -0.15) is 0 Å². The molecule has 0 amide bonds. The van der Waals surface area contributed by atoms with Crippen molar-refractivity contribution in [2.24, 2.45) is 5.73 Å². The van der Waals surface area contributed by atoms with Crippen molar-refractivity contribution in [1.82, 2.24) is 0 Å². The predicted molar refractivity (Wildman–Crippen MR) is 74.4 cm³/mol. The lowest BCUT2D eigenvalue weighted by Crippen LogP contribution is -2.20. The molecule has 0 saturated carbocycles. The van der Waals surface area contributed by atoms with Gasteiger partial charge in [-0.15, -0.1) is 0 Å². The molecule has 0 spiro atoms. The van der Waals surface area contributed by atoms with Crippen LogP contribution in [0.25, 0.3) is 0 Å². The fourth-order valence-electron chi connectivity index (χ4n) is 2.48. The van der Waals surface area contributed by atoms with E-state index in [0.29, 0.717) is 36.7 Å². The minimum absolute atomic E-state index is 0.314. The Morgan fingerprint density at radius 1 is 1.05 bits per heavy atom. The van der Waals surface area contributed by atoms with Gasteiger partial charge in [-0.3, -0.25) is 0 Å². The van der Waals surface area contributed by atoms with Gasteiger partial charge in [0.1, 0.15) is 24.8 Å². The Morgan fingerprint density at radius 3 is 2.52 bits per heavy atom. The summed E-state index contributed by atoms with van der Waals surface area (Å²) in [7, 11) is 0. The van der Waals surface area contributed by atoms with Crippen molar-refractivity contribution in [1.29, 1.82) is 0 Å². The van der Waals surface area contributed by atoms with Crippen molar-refractivity contribution in [3.8, 4) is 11.5 Å². The van der Waals surface area contributed by atoms with E-state index in [1.807, 2.05) is 18.2 Å². The Bertz CT molecular complexity index is 640. The number of hydrogen-bond donors (Lipinski definition) is 1. The molecule has 1 unspecified atom stereocenters. The van der Waals surface area contributed by atoms with E-state index in [1.165, 1.54) is 12.1 Å². The summed E-state index contributed by atoms with van der Waals surface area (Å²) in [5.74, 6) is 0.0616. The highest BCUT2D eigenvalue weighted by Gasteiger charge is 2.20. The Balaban J connectivity index is 1.87. The summed E-state index contributed by atoms with van der Waals surface area (Å²) in [6.45, 7) is 0.964. The molecule has 0 radical (unpaired) electrons. The van der Waals surface area contributed by atoms with E-state index in [0.717, 1.165) is 11.6 Å². The minimum atomic E-state index is -0.605. The van der Waals surface area contributed by atoms with Crippen LogP contribution in [0.3, 0.4) is 0 Å². The highest BCUT2D eigenvalue weighted by Crippen LogP contribution is 2.37. The van der Waals surface area contributed by atoms with Gasteiger partial charge in [0.15, 0.2) is 11.5 Å². The van der Waals surface area contributed by atoms with E-state index < -0.39 is 17.7 Å². The molecule has 0 aliphatic carbocycles. The van der Waals surface area contributed by atoms with E-state index in [2.05, 4.69) is 0 Å². The maximum Gasteiger partial charge on any atom is 0.166 e. The number of ether oxygens (including phenoxy) is 2. The Morgan fingerprint density at radius 2 is 1.76 bits per heavy atom. The largest absolute Gasteiger partial charge is 0.486 e. The van der Waals surface area contributed by atoms with Crippen molar-refractivity contribution >= 4 is 0 Å². The topological polar surface area (TPSA) is 44.5 Å². The summed E-state index contributed by atoms with van der Waals surface area (Å²) < 4.78 is 37.6. The van der Waals surface area contributed by atoms with Crippen molar-refractivity contribution < 1.29 is 18.3 Å². The molecular weight excluding hydrogens is 276 g/mol. The molecule has 3 nitrogen and oxygen atoms in total. The van der Waals surface area contributed by atoms with Gasteiger partial charge in [0.25, 0.3) is 0 Å². The number of halogens is 2. The van der Waals surface area contributed by atoms with Crippen LogP contribution in [-0.2, 0) is 6.42 Å². The molecule has 2 N–H and O–H groups in total. The lowest BCUT2D eigenvalue weighted by atomic mass is 9.98. The smallest absolute Gasteiger partial charge is 0.166 e. The summed E-state index contributed by atoms with van der Waals surface area (Å²) >= 11 is 0. The van der Waals surface area contributed by atoms with Gasteiger partial charge in [-0.1, -0.05) is 12.1 Å². The molecule has 1 heterocycles. The number of rotatable bonds is 3. The molecule has 1 atom stereocenters. The van der Waals surface area contributed by atoms with Crippen LogP contribution in [0.15, 0.2) is 36.4 Å². The molecule has 1 aliphatic rings. The molecule has 1 aliphatic heterocycles. The second-order valence-electron chi connectivity index (χ2n) is 4.96. The summed E-state index contributed by atoms with van der Waals surface area (Å²) in [4.78, 5) is 0. The zero-order valence-electron chi connectivity index (χ0n) is 11.3. The highest BCUT2D eigenvalue weighted by atomic mass is 19.1. The van der Waals surface area contributed by atoms with Crippen LogP contribution in [0.4, 0.5) is 8.78 Å². The average molecular weight is 291 g/mol. The number of benzene rings is 2. The summed E-state index contributed by atoms with van der Waals surface area (Å²) in [6, 6.07) is 8.47. The zero-order valence-corrected chi connectivity index (χ0v) is 11.3. The quantitative estimate of drug-likeness (QED) is 0.945. The van der Waals surface area contributed by atoms with E-state index in [9.17, 15) is 8.78 Å². The van der Waals surface area contributed by atoms with E-state index in [1.54, 1.807) is 0 Å². The van der Waals surface area contributed by atoms with Crippen LogP contribution in [-0.4, -0.2) is 13.2 Å². The molecule has 3 rings (SSSR count). The van der Waals surface area contributed by atoms with Crippen LogP contribution < -0.4 is 15.2 Å². The van der Waals surface area contributed by atoms with Gasteiger partial charge in [-0.25, -0.2) is 8.78 Å². The summed E-state index contributed by atoms with van der Waals surface area (Å²) in [5, 5.41) is 0. The monoisotopic (exact) mass is 291 g/mol. The molecule has 0 saturated heterocycles. The van der Waals surface area contributed by atoms with Gasteiger partial charge in [-0.05, 0) is 30.2 Å². The number of nitrogens with two attached hydrogens (primary N) is 1. The summed E-state index contributed by atoms with van der Waals surface area (Å²) in [5.41, 5.74) is 7.45. The van der Waals surface area contributed by atoms with Crippen molar-refractivity contribution in [2.75, 3.05) is 13.2 Å². The Hall–Kier alpha value is -2.14. The SMILES string of the molecule is NC(Cc1cc(F)cc(F)c1)c1cccc2c1OCCO2. The van der Waals surface area contributed by atoms with Gasteiger partial charge in [0.05, 0.1) is 0 Å². The maximum atomic E-state index is 13.2. The van der Waals surface area contributed by atoms with Crippen LogP contribution in [0, 0.1) is 11.6 Å². The van der Waals surface area contributed by atoms with Gasteiger partial charge in [0, 0.05) is 17.7 Å². The fraction of sp³-hybridized carbons (Fsp3) is 0.250. The molecule has 0 bridgehead atoms. The molecule has 21 heavy (non-hydrogen) atoms. The van der Waals surface area contributed by atoms with E-state index in [4.69, 9.17) is 15.2 Å². The normalized spacial score (nSPS) is 14.8. The molecular formula is C16H15F2NO2. The first-order valence-electron chi connectivity index (χ1n) is 6.72. The zero-order chi connectivity index (χ0) is 14.8. The third kappa shape index (κ3) is 2.97. The fourth-order valence-corrected chi connectivity index (χ4v) is 2.48. The van der Waals surface area contributed by atoms with E-state index >= 15 is 0 Å². The van der Waals surface area contributed by atoms with Crippen LogP contribution in [0.1, 0.15) is 17.2 Å². The van der Waals surface area contributed by atoms with Crippen molar-refractivity contribution in [2.45, 2.75) is 12.5 Å². The maximum absolute atomic E-state index is 13.2. The second kappa shape index (κ2) is 5.69. The number of para-hydroxylation sites is 1. The predicted octanol–water partition coefficient (Wildman–Crippen LogP) is 2.98. The third-order valence-electron chi connectivity index (χ3n) is 3.37. The lowest BCUT2D eigenvalue weighted by molar-refractivity contribution is 0.169. The number of hydrogen-bond acceptors (Lipinski definition) is 3. The second-order valence-corrected chi connectivity index (χ2v) is 4.96. The van der Waals surface area contributed by atoms with E-state index in [-0.39, 0.29) is 0 Å². The first kappa shape index (κ1) is 13.8. The van der Waals surface area contributed by atoms with Crippen LogP contribution in [0.5, 0.6) is 11.5 Å². The summed E-state index contributed by atoms with van der Waals surface area (Å²) in [6.07, 6.45) is 0.314. The van der Waals surface area contributed by atoms with Gasteiger partial charge >= 0.3 is 0 Å². The first-order valence-corrected chi connectivity index (χ1v) is 6.72. The standard InChI is InChI=1S/C16H15F2NO2/c17-11-6-10(7-12(18)9-11)8-14(19)13-2-1-3-15-16(13)21-5-4-20-15/h1-3,6-7,9,14H,4-5,8,19H2. The molecule has 0 fully saturated rings. The van der Waals surface area contributed by atoms with Crippen LogP contribution in [0.2, 0.25) is 0 Å². The lowest BCUT2D eigenvalue weighted by Gasteiger charge is -2.23. The number of fused-ring (bicyclic) bond motifs is 1. The molecule has 110 valence electrons. The minimum Gasteiger partial charge on any atom is -0.486 e. The van der Waals surface area contributed by atoms with Crippen LogP contribution >= 0.6 is 0 Å². The molecule has 5 heteroatoms. The molecule has 0 aromatic heterocycles. The molecule has 2 aromatic carbocycles. The highest BCUT2D eigenvalue weighted by molar-refractivity contribution is 5.49. The van der Waals surface area contributed by atoms with Crippen molar-refractivity contribution in [3.05, 3.63) is 59.2 Å². The Kier molecular flexibility index (Phi) is 3.75. The first-order chi connectivity index (χ1) is 10.1. The Labute approximate surface area is 121 Å².